The monoisotopic (exact) mass is 778 g/mol. The number of halogens is 11. The van der Waals surface area contributed by atoms with Crippen LogP contribution < -0.4 is 9.47 Å². The van der Waals surface area contributed by atoms with Crippen molar-refractivity contribution in [2.75, 3.05) is 7.11 Å². The smallest absolute Gasteiger partial charge is 0.406 e. The van der Waals surface area contributed by atoms with Gasteiger partial charge in [-0.2, -0.15) is 22.0 Å². The number of fused-ring (bicyclic) bond motifs is 2. The summed E-state index contributed by atoms with van der Waals surface area (Å²) in [4.78, 5) is 15.4. The highest BCUT2D eigenvalue weighted by molar-refractivity contribution is 5.66. The number of ether oxygens (including phenoxy) is 3. The molecule has 0 radical (unpaired) electrons. The maximum atomic E-state index is 13.7. The van der Waals surface area contributed by atoms with Crippen LogP contribution in [0, 0.1) is 6.92 Å². The van der Waals surface area contributed by atoms with Crippen molar-refractivity contribution in [3.8, 4) is 33.9 Å². The molecule has 0 saturated carbocycles. The van der Waals surface area contributed by atoms with Gasteiger partial charge in [0.2, 0.25) is 5.82 Å². The van der Waals surface area contributed by atoms with Gasteiger partial charge >= 0.3 is 24.8 Å². The van der Waals surface area contributed by atoms with Crippen LogP contribution in [0.25, 0.3) is 33.5 Å². The van der Waals surface area contributed by atoms with Crippen molar-refractivity contribution >= 4 is 11.2 Å². The molecule has 0 atom stereocenters. The standard InChI is InChI=1S/C16H11F6N3O2.C16H12F5N3O.C2H6/c1-26-8-9-4-11(27-16(20,21)22)2-3-12(9)13-7-25-10(5-23-13)6-24-14(25)15(17,18)19;1-9-13-22-7-11(8-24(13)14(23-9)15(2,17)18)10-3-5-12(6-4-10)25-16(19,20)21;1-2/h2-7H,8H2,1H3;3-8H,1-2H3;1-2H3. The second kappa shape index (κ2) is 15.8. The van der Waals surface area contributed by atoms with Crippen molar-refractivity contribution in [2.45, 2.75) is 59.1 Å². The summed E-state index contributed by atoms with van der Waals surface area (Å²) in [5.74, 6) is -5.60. The summed E-state index contributed by atoms with van der Waals surface area (Å²) in [6, 6.07) is 8.47. The van der Waals surface area contributed by atoms with E-state index in [1.54, 1.807) is 6.92 Å². The van der Waals surface area contributed by atoms with Gasteiger partial charge in [0.05, 0.1) is 35.9 Å². The molecule has 0 amide bonds. The summed E-state index contributed by atoms with van der Waals surface area (Å²) in [6.45, 7) is 6.21. The Balaban J connectivity index is 0.000000231. The van der Waals surface area contributed by atoms with Crippen LogP contribution in [0.15, 0.2) is 73.4 Å². The van der Waals surface area contributed by atoms with Crippen LogP contribution in [0.1, 0.15) is 43.7 Å². The lowest BCUT2D eigenvalue weighted by atomic mass is 10.0. The van der Waals surface area contributed by atoms with Gasteiger partial charge in [0.15, 0.2) is 11.5 Å². The number of hydrogen-bond acceptors (Lipinski definition) is 7. The van der Waals surface area contributed by atoms with Crippen molar-refractivity contribution in [2.24, 2.45) is 0 Å². The Labute approximate surface area is 299 Å². The fourth-order valence-corrected chi connectivity index (χ4v) is 4.96. The molecule has 0 aliphatic rings. The molecule has 290 valence electrons. The molecule has 0 spiro atoms. The zero-order chi connectivity index (χ0) is 40.2. The van der Waals surface area contributed by atoms with Gasteiger partial charge in [-0.25, -0.2) is 15.0 Å². The molecule has 0 aliphatic carbocycles. The molecule has 0 unspecified atom stereocenters. The lowest BCUT2D eigenvalue weighted by molar-refractivity contribution is -0.275. The SMILES string of the molecule is CC.COCc1cc(OC(F)(F)F)ccc1-c1cn2c(C(F)(F)F)ncc2cn1.Cc1nc(C(C)(F)F)n2cc(-c3ccc(OC(F)(F)F)cc3)cnc12. The van der Waals surface area contributed by atoms with E-state index >= 15 is 0 Å². The fourth-order valence-electron chi connectivity index (χ4n) is 4.96. The van der Waals surface area contributed by atoms with Crippen LogP contribution >= 0.6 is 0 Å². The molecule has 0 N–H and O–H groups in total. The molecule has 2 aromatic carbocycles. The number of nitrogens with zero attached hydrogens (tertiary/aromatic N) is 6. The molecular weight excluding hydrogens is 749 g/mol. The summed E-state index contributed by atoms with van der Waals surface area (Å²) in [6.07, 6.45) is -8.13. The predicted molar refractivity (Wildman–Crippen MR) is 172 cm³/mol. The quantitative estimate of drug-likeness (QED) is 0.149. The minimum Gasteiger partial charge on any atom is -0.406 e. The molecule has 0 saturated heterocycles. The Morgan fingerprint density at radius 3 is 1.83 bits per heavy atom. The topological polar surface area (TPSA) is 88.1 Å². The van der Waals surface area contributed by atoms with E-state index in [0.717, 1.165) is 48.0 Å². The normalized spacial score (nSPS) is 12.2. The second-order valence-corrected chi connectivity index (χ2v) is 11.0. The van der Waals surface area contributed by atoms with Gasteiger partial charge in [0.25, 0.3) is 0 Å². The Bertz CT molecular complexity index is 2190. The van der Waals surface area contributed by atoms with Gasteiger partial charge < -0.3 is 14.2 Å². The number of rotatable bonds is 7. The Morgan fingerprint density at radius 1 is 0.667 bits per heavy atom. The van der Waals surface area contributed by atoms with Crippen LogP contribution in [0.5, 0.6) is 11.5 Å². The van der Waals surface area contributed by atoms with E-state index in [1.165, 1.54) is 48.3 Å². The number of imidazole rings is 2. The lowest BCUT2D eigenvalue weighted by Gasteiger charge is -2.14. The maximum absolute atomic E-state index is 13.7. The summed E-state index contributed by atoms with van der Waals surface area (Å²) < 4.78 is 155. The molecule has 54 heavy (non-hydrogen) atoms. The van der Waals surface area contributed by atoms with Gasteiger partial charge in [-0.3, -0.25) is 13.8 Å². The Morgan fingerprint density at radius 2 is 1.26 bits per heavy atom. The molecule has 9 nitrogen and oxygen atoms in total. The summed E-state index contributed by atoms with van der Waals surface area (Å²) in [5.41, 5.74) is 2.40. The highest BCUT2D eigenvalue weighted by Gasteiger charge is 2.36. The first kappa shape index (κ1) is 41.2. The number of aryl methyl sites for hydroxylation is 1. The van der Waals surface area contributed by atoms with E-state index in [2.05, 4.69) is 29.4 Å². The van der Waals surface area contributed by atoms with E-state index in [4.69, 9.17) is 4.74 Å². The van der Waals surface area contributed by atoms with E-state index < -0.39 is 42.2 Å². The minimum absolute atomic E-state index is 0.0971. The van der Waals surface area contributed by atoms with Gasteiger partial charge in [-0.05, 0) is 48.4 Å². The Hall–Kier alpha value is -5.53. The van der Waals surface area contributed by atoms with Crippen LogP contribution in [-0.2, 0) is 23.4 Å². The molecule has 0 fully saturated rings. The van der Waals surface area contributed by atoms with Crippen molar-refractivity contribution in [3.63, 3.8) is 0 Å². The van der Waals surface area contributed by atoms with Crippen molar-refractivity contribution in [1.82, 2.24) is 28.7 Å². The van der Waals surface area contributed by atoms with Gasteiger partial charge in [0, 0.05) is 43.8 Å². The zero-order valence-corrected chi connectivity index (χ0v) is 28.7. The average molecular weight is 779 g/mol. The molecule has 6 aromatic rings. The molecule has 0 bridgehead atoms. The minimum atomic E-state index is -4.87. The lowest BCUT2D eigenvalue weighted by Crippen LogP contribution is -2.17. The van der Waals surface area contributed by atoms with Crippen LogP contribution in [0.4, 0.5) is 48.3 Å². The van der Waals surface area contributed by atoms with Crippen LogP contribution in [0.3, 0.4) is 0 Å². The average Bonchev–Trinajstić information content (AvgIpc) is 3.66. The number of benzene rings is 2. The number of aromatic nitrogens is 6. The van der Waals surface area contributed by atoms with Crippen molar-refractivity contribution in [1.29, 1.82) is 0 Å². The van der Waals surface area contributed by atoms with Gasteiger partial charge in [-0.1, -0.05) is 26.0 Å². The molecule has 20 heteroatoms. The van der Waals surface area contributed by atoms with Crippen molar-refractivity contribution < 1.29 is 62.5 Å². The van der Waals surface area contributed by atoms with Gasteiger partial charge in [-0.15, -0.1) is 26.3 Å². The summed E-state index contributed by atoms with van der Waals surface area (Å²) in [7, 11) is 1.33. The highest BCUT2D eigenvalue weighted by atomic mass is 19.4. The number of methoxy groups -OCH3 is 1. The zero-order valence-electron chi connectivity index (χ0n) is 28.7. The molecule has 4 heterocycles. The molecule has 0 aliphatic heterocycles. The third kappa shape index (κ3) is 10.1. The summed E-state index contributed by atoms with van der Waals surface area (Å²) >= 11 is 0. The third-order valence-corrected chi connectivity index (χ3v) is 7.01. The molecule has 4 aromatic heterocycles. The summed E-state index contributed by atoms with van der Waals surface area (Å²) in [5, 5.41) is 0. The maximum Gasteiger partial charge on any atom is 0.573 e. The predicted octanol–water partition coefficient (Wildman–Crippen LogP) is 10.2. The molecule has 6 rings (SSSR count). The van der Waals surface area contributed by atoms with E-state index in [-0.39, 0.29) is 34.8 Å². The van der Waals surface area contributed by atoms with Crippen LogP contribution in [-0.4, -0.2) is 48.6 Å². The third-order valence-electron chi connectivity index (χ3n) is 7.01. The second-order valence-electron chi connectivity index (χ2n) is 11.0. The number of alkyl halides is 11. The first-order chi connectivity index (χ1) is 25.1. The van der Waals surface area contributed by atoms with Gasteiger partial charge in [0.1, 0.15) is 11.5 Å². The van der Waals surface area contributed by atoms with E-state index in [9.17, 15) is 48.3 Å². The largest absolute Gasteiger partial charge is 0.573 e. The van der Waals surface area contributed by atoms with Crippen LogP contribution in [0.2, 0.25) is 0 Å². The van der Waals surface area contributed by atoms with Crippen molar-refractivity contribution in [3.05, 3.63) is 96.4 Å². The highest BCUT2D eigenvalue weighted by Crippen LogP contribution is 2.34. The van der Waals surface area contributed by atoms with E-state index in [1.807, 2.05) is 13.8 Å². The Kier molecular flexibility index (Phi) is 12.1. The first-order valence-corrected chi connectivity index (χ1v) is 15.5. The first-order valence-electron chi connectivity index (χ1n) is 15.5. The fraction of sp³-hybridized carbons (Fsp3) is 0.294. The molecular formula is C34H29F11N6O3. The number of hydrogen-bond donors (Lipinski definition) is 0. The van der Waals surface area contributed by atoms with E-state index in [0.29, 0.717) is 22.4 Å².